The maximum Gasteiger partial charge on any atom is 0.191 e. The predicted molar refractivity (Wildman–Crippen MR) is 112 cm³/mol. The number of para-hydroxylation sites is 1. The molecule has 1 aliphatic heterocycles. The van der Waals surface area contributed by atoms with Crippen LogP contribution in [0.5, 0.6) is 0 Å². The zero-order chi connectivity index (χ0) is 18.4. The minimum absolute atomic E-state index is 0.173. The number of anilines is 1. The van der Waals surface area contributed by atoms with Crippen molar-refractivity contribution in [2.24, 2.45) is 4.99 Å². The predicted octanol–water partition coefficient (Wildman–Crippen LogP) is 2.74. The van der Waals surface area contributed by atoms with Gasteiger partial charge in [-0.2, -0.15) is 0 Å². The maximum atomic E-state index is 12.1. The van der Waals surface area contributed by atoms with Crippen LogP contribution in [0.25, 0.3) is 0 Å². The second kappa shape index (κ2) is 9.03. The second-order valence-electron chi connectivity index (χ2n) is 7.19. The molecule has 0 radical (unpaired) electrons. The van der Waals surface area contributed by atoms with Crippen molar-refractivity contribution in [2.75, 3.05) is 37.3 Å². The lowest BCUT2D eigenvalue weighted by Gasteiger charge is -2.22. The van der Waals surface area contributed by atoms with Crippen molar-refractivity contribution in [3.05, 3.63) is 28.7 Å². The summed E-state index contributed by atoms with van der Waals surface area (Å²) in [6, 6.07) is 8.67. The third kappa shape index (κ3) is 5.99. The lowest BCUT2D eigenvalue weighted by molar-refractivity contribution is 0.641. The fourth-order valence-electron chi connectivity index (χ4n) is 2.76. The van der Waals surface area contributed by atoms with E-state index in [-0.39, 0.29) is 4.75 Å². The quantitative estimate of drug-likeness (QED) is 0.558. The average molecular weight is 429 g/mol. The van der Waals surface area contributed by atoms with Gasteiger partial charge in [-0.25, -0.2) is 0 Å². The van der Waals surface area contributed by atoms with Gasteiger partial charge in [0.05, 0.1) is 5.69 Å². The number of hydrogen-bond acceptors (Lipinski definition) is 3. The molecule has 2 atom stereocenters. The molecule has 5 nitrogen and oxygen atoms in total. The van der Waals surface area contributed by atoms with E-state index >= 15 is 0 Å². The van der Waals surface area contributed by atoms with E-state index in [1.807, 2.05) is 26.8 Å². The van der Waals surface area contributed by atoms with Gasteiger partial charge < -0.3 is 15.5 Å². The molecule has 1 aliphatic rings. The Morgan fingerprint density at radius 3 is 2.76 bits per heavy atom. The van der Waals surface area contributed by atoms with Crippen LogP contribution >= 0.6 is 15.9 Å². The van der Waals surface area contributed by atoms with Gasteiger partial charge in [-0.05, 0) is 55.3 Å². The van der Waals surface area contributed by atoms with E-state index in [1.54, 1.807) is 7.05 Å². The van der Waals surface area contributed by atoms with E-state index in [9.17, 15) is 4.21 Å². The molecule has 0 spiro atoms. The molecule has 1 heterocycles. The topological polar surface area (TPSA) is 56.7 Å². The average Bonchev–Trinajstić information content (AvgIpc) is 3.01. The minimum Gasteiger partial charge on any atom is -0.368 e. The Hall–Kier alpha value is -1.08. The van der Waals surface area contributed by atoms with Gasteiger partial charge in [0, 0.05) is 58.5 Å². The largest absolute Gasteiger partial charge is 0.368 e. The summed E-state index contributed by atoms with van der Waals surface area (Å²) >= 11 is 3.63. The SMILES string of the molecule is CN=C(NCCS(=O)C(C)(C)C)NC1CCN(c2ccccc2Br)C1. The number of guanidine groups is 1. The second-order valence-corrected chi connectivity index (χ2v) is 10.4. The Bertz CT molecular complexity index is 630. The number of aliphatic imine (C=N–C) groups is 1. The molecule has 2 unspecified atom stereocenters. The molecule has 2 N–H and O–H groups in total. The Balaban J connectivity index is 1.81. The first-order valence-corrected chi connectivity index (χ1v) is 10.8. The number of rotatable bonds is 5. The summed E-state index contributed by atoms with van der Waals surface area (Å²) in [5.41, 5.74) is 1.23. The summed E-state index contributed by atoms with van der Waals surface area (Å²) in [5.74, 6) is 1.41. The summed E-state index contributed by atoms with van der Waals surface area (Å²) in [4.78, 5) is 6.67. The molecule has 0 saturated carbocycles. The molecule has 7 heteroatoms. The van der Waals surface area contributed by atoms with Crippen LogP contribution in [-0.2, 0) is 10.8 Å². The lowest BCUT2D eigenvalue weighted by atomic mass is 10.3. The number of halogens is 1. The molecule has 0 aliphatic carbocycles. The Kier molecular flexibility index (Phi) is 7.31. The van der Waals surface area contributed by atoms with Gasteiger partial charge in [0.1, 0.15) is 0 Å². The van der Waals surface area contributed by atoms with E-state index in [1.165, 1.54) is 5.69 Å². The molecule has 0 bridgehead atoms. The fraction of sp³-hybridized carbons (Fsp3) is 0.611. The van der Waals surface area contributed by atoms with Crippen molar-refractivity contribution in [2.45, 2.75) is 38.0 Å². The molecule has 140 valence electrons. The summed E-state index contributed by atoms with van der Waals surface area (Å²) in [6.45, 7) is 8.63. The fourth-order valence-corrected chi connectivity index (χ4v) is 4.20. The van der Waals surface area contributed by atoms with E-state index in [0.29, 0.717) is 18.3 Å². The Morgan fingerprint density at radius 2 is 2.12 bits per heavy atom. The van der Waals surface area contributed by atoms with Crippen LogP contribution in [-0.4, -0.2) is 53.4 Å². The van der Waals surface area contributed by atoms with Crippen molar-refractivity contribution in [1.29, 1.82) is 0 Å². The van der Waals surface area contributed by atoms with Crippen LogP contribution in [0.3, 0.4) is 0 Å². The Morgan fingerprint density at radius 1 is 1.40 bits per heavy atom. The molecule has 1 aromatic rings. The molecule has 1 saturated heterocycles. The van der Waals surface area contributed by atoms with Crippen LogP contribution in [0.1, 0.15) is 27.2 Å². The monoisotopic (exact) mass is 428 g/mol. The molecular weight excluding hydrogens is 400 g/mol. The smallest absolute Gasteiger partial charge is 0.191 e. The number of nitrogens with zero attached hydrogens (tertiary/aromatic N) is 2. The van der Waals surface area contributed by atoms with E-state index < -0.39 is 10.8 Å². The van der Waals surface area contributed by atoms with Crippen LogP contribution in [0.2, 0.25) is 0 Å². The molecule has 2 rings (SSSR count). The van der Waals surface area contributed by atoms with E-state index in [0.717, 1.165) is 29.9 Å². The van der Waals surface area contributed by atoms with Gasteiger partial charge in [0.25, 0.3) is 0 Å². The first-order chi connectivity index (χ1) is 11.8. The highest BCUT2D eigenvalue weighted by Gasteiger charge is 2.24. The summed E-state index contributed by atoms with van der Waals surface area (Å²) < 4.78 is 13.1. The van der Waals surface area contributed by atoms with E-state index in [4.69, 9.17) is 0 Å². The van der Waals surface area contributed by atoms with E-state index in [2.05, 4.69) is 54.7 Å². The van der Waals surface area contributed by atoms with Gasteiger partial charge in [0.15, 0.2) is 5.96 Å². The highest BCUT2D eigenvalue weighted by Crippen LogP contribution is 2.28. The standard InChI is InChI=1S/C18H29BrN4OS/c1-18(2,3)25(24)12-10-21-17(20-4)22-14-9-11-23(13-14)16-8-6-5-7-15(16)19/h5-8,14H,9-13H2,1-4H3,(H2,20,21,22). The molecular formula is C18H29BrN4OS. The van der Waals surface area contributed by atoms with Crippen LogP contribution in [0, 0.1) is 0 Å². The summed E-state index contributed by atoms with van der Waals surface area (Å²) in [6.07, 6.45) is 1.07. The normalized spacial score (nSPS) is 19.8. The van der Waals surface area contributed by atoms with Crippen molar-refractivity contribution in [1.82, 2.24) is 10.6 Å². The lowest BCUT2D eigenvalue weighted by Crippen LogP contribution is -2.46. The summed E-state index contributed by atoms with van der Waals surface area (Å²) in [5, 5.41) is 6.76. The highest BCUT2D eigenvalue weighted by molar-refractivity contribution is 9.10. The number of benzene rings is 1. The van der Waals surface area contributed by atoms with Crippen molar-refractivity contribution in [3.63, 3.8) is 0 Å². The van der Waals surface area contributed by atoms with Crippen LogP contribution in [0.4, 0.5) is 5.69 Å². The maximum absolute atomic E-state index is 12.1. The molecule has 1 aromatic carbocycles. The zero-order valence-electron chi connectivity index (χ0n) is 15.5. The highest BCUT2D eigenvalue weighted by atomic mass is 79.9. The van der Waals surface area contributed by atoms with Gasteiger partial charge in [-0.3, -0.25) is 9.20 Å². The van der Waals surface area contributed by atoms with Crippen molar-refractivity contribution >= 4 is 38.4 Å². The number of hydrogen-bond donors (Lipinski definition) is 2. The zero-order valence-corrected chi connectivity index (χ0v) is 17.9. The third-order valence-corrected chi connectivity index (χ3v) is 6.82. The first kappa shape index (κ1) is 20.2. The van der Waals surface area contributed by atoms with Crippen LogP contribution in [0.15, 0.2) is 33.7 Å². The van der Waals surface area contributed by atoms with Gasteiger partial charge in [-0.15, -0.1) is 0 Å². The Labute approximate surface area is 162 Å². The molecule has 0 amide bonds. The van der Waals surface area contributed by atoms with Gasteiger partial charge in [0.2, 0.25) is 0 Å². The van der Waals surface area contributed by atoms with Crippen molar-refractivity contribution in [3.8, 4) is 0 Å². The molecule has 25 heavy (non-hydrogen) atoms. The summed E-state index contributed by atoms with van der Waals surface area (Å²) in [7, 11) is 0.923. The van der Waals surface area contributed by atoms with Crippen LogP contribution < -0.4 is 15.5 Å². The minimum atomic E-state index is -0.852. The molecule has 0 aromatic heterocycles. The van der Waals surface area contributed by atoms with Gasteiger partial charge in [-0.1, -0.05) is 12.1 Å². The number of nitrogens with one attached hydrogen (secondary N) is 2. The van der Waals surface area contributed by atoms with Gasteiger partial charge >= 0.3 is 0 Å². The third-order valence-electron chi connectivity index (χ3n) is 4.21. The van der Waals surface area contributed by atoms with Crippen molar-refractivity contribution < 1.29 is 4.21 Å². The molecule has 1 fully saturated rings. The first-order valence-electron chi connectivity index (χ1n) is 8.66.